The number of aromatic nitrogens is 1. The van der Waals surface area contributed by atoms with Gasteiger partial charge in [0.2, 0.25) is 0 Å². The van der Waals surface area contributed by atoms with E-state index in [1.807, 2.05) is 6.26 Å². The lowest BCUT2D eigenvalue weighted by atomic mass is 10.5. The Morgan fingerprint density at radius 1 is 1.89 bits per heavy atom. The van der Waals surface area contributed by atoms with Gasteiger partial charge in [-0.25, -0.2) is 4.98 Å². The van der Waals surface area contributed by atoms with Crippen molar-refractivity contribution in [1.82, 2.24) is 4.98 Å². The van der Waals surface area contributed by atoms with E-state index in [2.05, 4.69) is 4.98 Å². The minimum Gasteiger partial charge on any atom is -0.440 e. The molecule has 1 N–H and O–H groups in total. The summed E-state index contributed by atoms with van der Waals surface area (Å²) in [5.74, 6) is 0. The number of aliphatic hydroxyl groups excluding tert-OH is 1. The normalized spacial score (nSPS) is 10.0. The van der Waals surface area contributed by atoms with Crippen LogP contribution in [0.5, 0.6) is 0 Å². The highest BCUT2D eigenvalue weighted by molar-refractivity contribution is 7.98. The van der Waals surface area contributed by atoms with Crippen LogP contribution in [-0.4, -0.2) is 16.3 Å². The second-order valence-electron chi connectivity index (χ2n) is 1.47. The average molecular weight is 145 g/mol. The summed E-state index contributed by atoms with van der Waals surface area (Å²) >= 11 is 1.42. The van der Waals surface area contributed by atoms with Crippen molar-refractivity contribution in [2.75, 3.05) is 6.26 Å². The highest BCUT2D eigenvalue weighted by Gasteiger charge is 1.98. The Morgan fingerprint density at radius 2 is 2.67 bits per heavy atom. The van der Waals surface area contributed by atoms with Gasteiger partial charge in [-0.3, -0.25) is 0 Å². The molecule has 0 aliphatic carbocycles. The molecule has 50 valence electrons. The van der Waals surface area contributed by atoms with Gasteiger partial charge in [0.15, 0.2) is 0 Å². The number of oxazole rings is 1. The second kappa shape index (κ2) is 2.89. The average Bonchev–Trinajstić information content (AvgIpc) is 2.34. The molecular weight excluding hydrogens is 138 g/mol. The molecule has 0 spiro atoms. The third-order valence-corrected chi connectivity index (χ3v) is 1.40. The summed E-state index contributed by atoms with van der Waals surface area (Å²) in [5.41, 5.74) is 0.583. The summed E-state index contributed by atoms with van der Waals surface area (Å²) in [6.07, 6.45) is 3.32. The monoisotopic (exact) mass is 145 g/mol. The fraction of sp³-hybridized carbons (Fsp3) is 0.400. The van der Waals surface area contributed by atoms with Crippen LogP contribution >= 0.6 is 11.8 Å². The summed E-state index contributed by atoms with van der Waals surface area (Å²) in [4.78, 5) is 3.89. The topological polar surface area (TPSA) is 46.3 Å². The minimum atomic E-state index is -0.0515. The van der Waals surface area contributed by atoms with Gasteiger partial charge in [0.1, 0.15) is 12.0 Å². The summed E-state index contributed by atoms with van der Waals surface area (Å²) in [6, 6.07) is 0. The summed E-state index contributed by atoms with van der Waals surface area (Å²) in [7, 11) is 0. The molecule has 3 nitrogen and oxygen atoms in total. The molecule has 0 atom stereocenters. The van der Waals surface area contributed by atoms with Crippen LogP contribution in [0.1, 0.15) is 5.69 Å². The number of nitrogens with zero attached hydrogens (tertiary/aromatic N) is 1. The molecule has 1 rings (SSSR count). The van der Waals surface area contributed by atoms with Crippen molar-refractivity contribution in [1.29, 1.82) is 0 Å². The number of rotatable bonds is 2. The van der Waals surface area contributed by atoms with E-state index >= 15 is 0 Å². The molecule has 0 radical (unpaired) electrons. The van der Waals surface area contributed by atoms with Crippen molar-refractivity contribution in [2.24, 2.45) is 0 Å². The van der Waals surface area contributed by atoms with Crippen molar-refractivity contribution >= 4 is 11.8 Å². The quantitative estimate of drug-likeness (QED) is 0.628. The molecule has 9 heavy (non-hydrogen) atoms. The molecule has 0 aromatic carbocycles. The standard InChI is InChI=1S/C5H7NO2S/c1-9-5-6-4(2-7)3-8-5/h3,7H,2H2,1H3. The van der Waals surface area contributed by atoms with Gasteiger partial charge in [0.05, 0.1) is 6.61 Å². The molecular formula is C5H7NO2S. The molecule has 1 aromatic heterocycles. The zero-order chi connectivity index (χ0) is 6.69. The molecule has 4 heteroatoms. The number of hydrogen-bond donors (Lipinski definition) is 1. The summed E-state index contributed by atoms with van der Waals surface area (Å²) in [5, 5.41) is 9.11. The molecule has 0 saturated carbocycles. The molecule has 0 saturated heterocycles. The highest BCUT2D eigenvalue weighted by Crippen LogP contribution is 2.12. The zero-order valence-corrected chi connectivity index (χ0v) is 5.81. The maximum Gasteiger partial charge on any atom is 0.255 e. The van der Waals surface area contributed by atoms with E-state index in [9.17, 15) is 0 Å². The first-order valence-electron chi connectivity index (χ1n) is 2.46. The predicted molar refractivity (Wildman–Crippen MR) is 34.2 cm³/mol. The van der Waals surface area contributed by atoms with E-state index in [1.165, 1.54) is 18.0 Å². The molecule has 0 aliphatic heterocycles. The Bertz CT molecular complexity index is 168. The van der Waals surface area contributed by atoms with Crippen LogP contribution in [0, 0.1) is 0 Å². The number of thioether (sulfide) groups is 1. The maximum atomic E-state index is 8.51. The van der Waals surface area contributed by atoms with Crippen molar-refractivity contribution in [3.8, 4) is 0 Å². The number of hydrogen-bond acceptors (Lipinski definition) is 4. The SMILES string of the molecule is CSc1nc(CO)co1. The van der Waals surface area contributed by atoms with Gasteiger partial charge in [-0.05, 0) is 6.26 Å². The first-order valence-corrected chi connectivity index (χ1v) is 3.68. The predicted octanol–water partition coefficient (Wildman–Crippen LogP) is 0.889. The minimum absolute atomic E-state index is 0.0515. The van der Waals surface area contributed by atoms with E-state index in [-0.39, 0.29) is 6.61 Å². The van der Waals surface area contributed by atoms with E-state index in [0.29, 0.717) is 10.9 Å². The van der Waals surface area contributed by atoms with Crippen molar-refractivity contribution < 1.29 is 9.52 Å². The molecule has 1 aromatic rings. The lowest BCUT2D eigenvalue weighted by Crippen LogP contribution is -1.79. The van der Waals surface area contributed by atoms with Gasteiger partial charge in [0, 0.05) is 0 Å². The third kappa shape index (κ3) is 1.46. The van der Waals surface area contributed by atoms with Crippen molar-refractivity contribution in [3.05, 3.63) is 12.0 Å². The molecule has 0 amide bonds. The number of aliphatic hydroxyl groups is 1. The van der Waals surface area contributed by atoms with Crippen LogP contribution in [0.3, 0.4) is 0 Å². The van der Waals surface area contributed by atoms with Gasteiger partial charge >= 0.3 is 0 Å². The Morgan fingerprint density at radius 3 is 3.00 bits per heavy atom. The third-order valence-electron chi connectivity index (χ3n) is 0.867. The molecule has 1 heterocycles. The van der Waals surface area contributed by atoms with E-state index in [4.69, 9.17) is 9.52 Å². The Hall–Kier alpha value is -0.480. The smallest absolute Gasteiger partial charge is 0.255 e. The van der Waals surface area contributed by atoms with E-state index < -0.39 is 0 Å². The Labute approximate surface area is 57.1 Å². The van der Waals surface area contributed by atoms with Crippen molar-refractivity contribution in [3.63, 3.8) is 0 Å². The zero-order valence-electron chi connectivity index (χ0n) is 5.00. The Kier molecular flexibility index (Phi) is 2.13. The molecule has 0 aliphatic rings. The van der Waals surface area contributed by atoms with E-state index in [1.54, 1.807) is 0 Å². The highest BCUT2D eigenvalue weighted by atomic mass is 32.2. The molecule has 0 fully saturated rings. The van der Waals surface area contributed by atoms with Crippen LogP contribution in [0.2, 0.25) is 0 Å². The largest absolute Gasteiger partial charge is 0.440 e. The van der Waals surface area contributed by atoms with Crippen LogP contribution < -0.4 is 0 Å². The van der Waals surface area contributed by atoms with Gasteiger partial charge in [0.25, 0.3) is 5.22 Å². The van der Waals surface area contributed by atoms with Gasteiger partial charge in [-0.2, -0.15) is 0 Å². The van der Waals surface area contributed by atoms with Crippen LogP contribution in [0.25, 0.3) is 0 Å². The maximum absolute atomic E-state index is 8.51. The fourth-order valence-corrected chi connectivity index (χ4v) is 0.808. The summed E-state index contributed by atoms with van der Waals surface area (Å²) in [6.45, 7) is -0.0515. The van der Waals surface area contributed by atoms with Gasteiger partial charge < -0.3 is 9.52 Å². The fourth-order valence-electron chi connectivity index (χ4n) is 0.455. The van der Waals surface area contributed by atoms with Crippen LogP contribution in [0.4, 0.5) is 0 Å². The second-order valence-corrected chi connectivity index (χ2v) is 2.22. The van der Waals surface area contributed by atoms with Crippen LogP contribution in [0.15, 0.2) is 15.9 Å². The summed E-state index contributed by atoms with van der Waals surface area (Å²) < 4.78 is 4.90. The van der Waals surface area contributed by atoms with Gasteiger partial charge in [-0.1, -0.05) is 11.8 Å². The first kappa shape index (κ1) is 6.64. The molecule has 0 unspecified atom stereocenters. The van der Waals surface area contributed by atoms with Crippen LogP contribution in [-0.2, 0) is 6.61 Å². The van der Waals surface area contributed by atoms with E-state index in [0.717, 1.165) is 0 Å². The first-order chi connectivity index (χ1) is 4.36. The van der Waals surface area contributed by atoms with Crippen molar-refractivity contribution in [2.45, 2.75) is 11.8 Å². The van der Waals surface area contributed by atoms with Gasteiger partial charge in [-0.15, -0.1) is 0 Å². The lowest BCUT2D eigenvalue weighted by molar-refractivity contribution is 0.276. The Balaban J connectivity index is 2.74. The lowest BCUT2D eigenvalue weighted by Gasteiger charge is -1.80. The molecule has 0 bridgehead atoms.